The molecule has 22 heavy (non-hydrogen) atoms. The number of ether oxygens (including phenoxy) is 3. The Morgan fingerprint density at radius 3 is 2.77 bits per heavy atom. The molecular formula is C15H18N3O4. The fourth-order valence-electron chi connectivity index (χ4n) is 2.29. The van der Waals surface area contributed by atoms with Gasteiger partial charge in [-0.1, -0.05) is 35.4 Å². The lowest BCUT2D eigenvalue weighted by atomic mass is 9.98. The van der Waals surface area contributed by atoms with Gasteiger partial charge in [0.05, 0.1) is 18.8 Å². The number of hydrogen-bond acceptors (Lipinski definition) is 5. The van der Waals surface area contributed by atoms with Gasteiger partial charge in [-0.25, -0.2) is 0 Å². The zero-order chi connectivity index (χ0) is 15.9. The van der Waals surface area contributed by atoms with E-state index in [1.807, 2.05) is 30.3 Å². The van der Waals surface area contributed by atoms with E-state index in [1.54, 1.807) is 6.92 Å². The molecule has 1 radical (unpaired) electrons. The topological polar surface area (TPSA) is 93.5 Å². The van der Waals surface area contributed by atoms with Gasteiger partial charge in [0.25, 0.3) is 0 Å². The molecule has 1 aromatic carbocycles. The van der Waals surface area contributed by atoms with Crippen molar-refractivity contribution in [1.29, 1.82) is 0 Å². The number of nitrogens with zero attached hydrogens (tertiary/aromatic N) is 3. The van der Waals surface area contributed by atoms with Crippen molar-refractivity contribution in [3.8, 4) is 0 Å². The Bertz CT molecular complexity index is 545. The highest BCUT2D eigenvalue weighted by atomic mass is 16.6. The summed E-state index contributed by atoms with van der Waals surface area (Å²) in [5.41, 5.74) is 9.71. The molecule has 1 aromatic rings. The Hall–Kier alpha value is -2.08. The monoisotopic (exact) mass is 304 g/mol. The van der Waals surface area contributed by atoms with Gasteiger partial charge in [0, 0.05) is 11.8 Å². The summed E-state index contributed by atoms with van der Waals surface area (Å²) in [7, 11) is 0. The number of hydrogen-bond donors (Lipinski definition) is 0. The van der Waals surface area contributed by atoms with Crippen LogP contribution in [0.4, 0.5) is 0 Å². The second-order valence-electron chi connectivity index (χ2n) is 5.01. The molecule has 0 aliphatic carbocycles. The number of benzene rings is 1. The SMILES string of the molecule is CC(=O)O[C@@H]1[CH]O[C@H](C)[C@@H](N=[N+]=[N-])[C@@H]1OCc1ccccc1. The van der Waals surface area contributed by atoms with Crippen LogP contribution in [0.1, 0.15) is 19.4 Å². The van der Waals surface area contributed by atoms with Crippen LogP contribution in [0.5, 0.6) is 0 Å². The van der Waals surface area contributed by atoms with Crippen LogP contribution in [0.25, 0.3) is 10.4 Å². The molecule has 117 valence electrons. The summed E-state index contributed by atoms with van der Waals surface area (Å²) in [6.45, 7) is 4.83. The average Bonchev–Trinajstić information content (AvgIpc) is 2.50. The Morgan fingerprint density at radius 2 is 2.14 bits per heavy atom. The Kier molecular flexibility index (Phi) is 5.77. The minimum absolute atomic E-state index is 0.321. The van der Waals surface area contributed by atoms with Crippen molar-refractivity contribution in [2.45, 2.75) is 44.8 Å². The predicted octanol–water partition coefficient (Wildman–Crippen LogP) is 2.76. The summed E-state index contributed by atoms with van der Waals surface area (Å²) < 4.78 is 16.4. The van der Waals surface area contributed by atoms with Crippen LogP contribution in [0, 0.1) is 6.61 Å². The smallest absolute Gasteiger partial charge is 0.303 e. The van der Waals surface area contributed by atoms with Crippen molar-refractivity contribution in [3.63, 3.8) is 0 Å². The first-order valence-electron chi connectivity index (χ1n) is 6.97. The van der Waals surface area contributed by atoms with Gasteiger partial charge in [-0.15, -0.1) is 0 Å². The van der Waals surface area contributed by atoms with Crippen LogP contribution in [-0.2, 0) is 25.6 Å². The molecule has 1 aliphatic rings. The van der Waals surface area contributed by atoms with Gasteiger partial charge in [0.2, 0.25) is 0 Å². The van der Waals surface area contributed by atoms with Gasteiger partial charge < -0.3 is 14.2 Å². The summed E-state index contributed by atoms with van der Waals surface area (Å²) >= 11 is 0. The standard InChI is InChI=1S/C15H18N3O4/c1-10-14(17-18-16)15(13(9-20-10)22-11(2)19)21-8-12-6-4-3-5-7-12/h3-7,9-10,13-15H,8H2,1-2H3/t10-,13-,14-,15-/m1/s1. The van der Waals surface area contributed by atoms with Crippen molar-refractivity contribution < 1.29 is 19.0 Å². The molecule has 0 amide bonds. The first-order valence-corrected chi connectivity index (χ1v) is 6.97. The summed E-state index contributed by atoms with van der Waals surface area (Å²) in [6.07, 6.45) is -1.67. The fourth-order valence-corrected chi connectivity index (χ4v) is 2.29. The molecule has 7 heteroatoms. The quantitative estimate of drug-likeness (QED) is 0.362. The summed E-state index contributed by atoms with van der Waals surface area (Å²) in [5, 5.41) is 3.74. The zero-order valence-electron chi connectivity index (χ0n) is 12.5. The molecule has 0 N–H and O–H groups in total. The van der Waals surface area contributed by atoms with E-state index in [2.05, 4.69) is 10.0 Å². The zero-order valence-corrected chi connectivity index (χ0v) is 12.5. The van der Waals surface area contributed by atoms with Crippen molar-refractivity contribution in [2.24, 2.45) is 5.11 Å². The molecular weight excluding hydrogens is 286 g/mol. The number of carbonyl (C=O) groups is 1. The highest BCUT2D eigenvalue weighted by Gasteiger charge is 2.41. The largest absolute Gasteiger partial charge is 0.457 e. The lowest BCUT2D eigenvalue weighted by Crippen LogP contribution is -2.51. The summed E-state index contributed by atoms with van der Waals surface area (Å²) in [5.74, 6) is -0.451. The molecule has 1 aliphatic heterocycles. The first kappa shape index (κ1) is 16.3. The van der Waals surface area contributed by atoms with E-state index in [0.29, 0.717) is 6.61 Å². The maximum atomic E-state index is 11.2. The molecule has 4 atom stereocenters. The van der Waals surface area contributed by atoms with Crippen molar-refractivity contribution in [1.82, 2.24) is 0 Å². The first-order chi connectivity index (χ1) is 10.6. The summed E-state index contributed by atoms with van der Waals surface area (Å²) in [4.78, 5) is 14.1. The highest BCUT2D eigenvalue weighted by Crippen LogP contribution is 2.27. The van der Waals surface area contributed by atoms with Gasteiger partial charge in [-0.2, -0.15) is 0 Å². The third-order valence-electron chi connectivity index (χ3n) is 3.34. The third-order valence-corrected chi connectivity index (χ3v) is 3.34. The molecule has 2 rings (SSSR count). The van der Waals surface area contributed by atoms with Gasteiger partial charge >= 0.3 is 5.97 Å². The van der Waals surface area contributed by atoms with Crippen LogP contribution < -0.4 is 0 Å². The fraction of sp³-hybridized carbons (Fsp3) is 0.467. The van der Waals surface area contributed by atoms with E-state index < -0.39 is 24.2 Å². The maximum Gasteiger partial charge on any atom is 0.303 e. The van der Waals surface area contributed by atoms with Crippen LogP contribution in [0.2, 0.25) is 0 Å². The van der Waals surface area contributed by atoms with E-state index in [9.17, 15) is 4.79 Å². The van der Waals surface area contributed by atoms with Crippen molar-refractivity contribution >= 4 is 5.97 Å². The van der Waals surface area contributed by atoms with E-state index in [0.717, 1.165) is 5.56 Å². The molecule has 1 saturated heterocycles. The minimum Gasteiger partial charge on any atom is -0.457 e. The second-order valence-corrected chi connectivity index (χ2v) is 5.01. The minimum atomic E-state index is -0.715. The van der Waals surface area contributed by atoms with E-state index >= 15 is 0 Å². The lowest BCUT2D eigenvalue weighted by Gasteiger charge is -2.38. The van der Waals surface area contributed by atoms with Crippen LogP contribution in [0.15, 0.2) is 35.4 Å². The number of esters is 1. The Labute approximate surface area is 128 Å². The second kappa shape index (κ2) is 7.79. The molecule has 0 saturated carbocycles. The molecule has 0 spiro atoms. The van der Waals surface area contributed by atoms with Crippen LogP contribution >= 0.6 is 0 Å². The van der Waals surface area contributed by atoms with E-state index in [1.165, 1.54) is 13.5 Å². The molecule has 0 unspecified atom stereocenters. The van der Waals surface area contributed by atoms with Crippen LogP contribution in [0.3, 0.4) is 0 Å². The lowest BCUT2D eigenvalue weighted by molar-refractivity contribution is -0.172. The third kappa shape index (κ3) is 4.21. The Morgan fingerprint density at radius 1 is 1.41 bits per heavy atom. The van der Waals surface area contributed by atoms with E-state index in [-0.39, 0.29) is 6.10 Å². The normalized spacial score (nSPS) is 27.7. The number of azide groups is 1. The maximum absolute atomic E-state index is 11.2. The van der Waals surface area contributed by atoms with Gasteiger partial charge in [-0.05, 0) is 18.0 Å². The Balaban J connectivity index is 2.13. The highest BCUT2D eigenvalue weighted by molar-refractivity contribution is 5.66. The van der Waals surface area contributed by atoms with Gasteiger partial charge in [0.1, 0.15) is 12.7 Å². The molecule has 0 aromatic heterocycles. The number of carbonyl (C=O) groups excluding carboxylic acids is 1. The molecule has 1 heterocycles. The number of rotatable bonds is 5. The van der Waals surface area contributed by atoms with Gasteiger partial charge in [0.15, 0.2) is 6.10 Å². The van der Waals surface area contributed by atoms with Crippen molar-refractivity contribution in [2.75, 3.05) is 0 Å². The summed E-state index contributed by atoms with van der Waals surface area (Å²) in [6, 6.07) is 9.00. The molecule has 7 nitrogen and oxygen atoms in total. The molecule has 1 fully saturated rings. The molecule has 0 bridgehead atoms. The van der Waals surface area contributed by atoms with E-state index in [4.69, 9.17) is 19.7 Å². The van der Waals surface area contributed by atoms with Crippen molar-refractivity contribution in [3.05, 3.63) is 52.9 Å². The predicted molar refractivity (Wildman–Crippen MR) is 78.4 cm³/mol. The average molecular weight is 304 g/mol. The van der Waals surface area contributed by atoms with Gasteiger partial charge in [-0.3, -0.25) is 4.79 Å². The van der Waals surface area contributed by atoms with Crippen LogP contribution in [-0.4, -0.2) is 30.3 Å².